The second-order valence-electron chi connectivity index (χ2n) is 5.02. The van der Waals surface area contributed by atoms with Gasteiger partial charge in [-0.1, -0.05) is 23.7 Å². The molecule has 1 aromatic carbocycles. The molecule has 3 aliphatic carbocycles. The van der Waals surface area contributed by atoms with Crippen molar-refractivity contribution >= 4 is 11.6 Å². The molecule has 0 saturated heterocycles. The normalized spacial score (nSPS) is 38.7. The smallest absolute Gasteiger partial charge is 0.0406 e. The van der Waals surface area contributed by atoms with Gasteiger partial charge < -0.3 is 5.73 Å². The van der Waals surface area contributed by atoms with E-state index in [-0.39, 0.29) is 0 Å². The molecular formula is C12H14ClN. The van der Waals surface area contributed by atoms with Crippen LogP contribution < -0.4 is 5.73 Å². The highest BCUT2D eigenvalue weighted by Gasteiger charge is 2.67. The molecule has 2 bridgehead atoms. The Kier molecular flexibility index (Phi) is 1.58. The van der Waals surface area contributed by atoms with E-state index < -0.39 is 0 Å². The molecule has 2 heteroatoms. The maximum atomic E-state index is 5.87. The van der Waals surface area contributed by atoms with Gasteiger partial charge in [-0.3, -0.25) is 0 Å². The highest BCUT2D eigenvalue weighted by atomic mass is 35.5. The first-order chi connectivity index (χ1) is 6.68. The van der Waals surface area contributed by atoms with Crippen molar-refractivity contribution in [2.45, 2.75) is 24.7 Å². The lowest BCUT2D eigenvalue weighted by Gasteiger charge is -2.71. The summed E-state index contributed by atoms with van der Waals surface area (Å²) in [4.78, 5) is 0. The van der Waals surface area contributed by atoms with Gasteiger partial charge in [0.2, 0.25) is 0 Å². The van der Waals surface area contributed by atoms with E-state index in [1.807, 2.05) is 12.1 Å². The number of nitrogens with two attached hydrogens (primary N) is 1. The van der Waals surface area contributed by atoms with Crippen molar-refractivity contribution < 1.29 is 0 Å². The number of rotatable bonds is 2. The van der Waals surface area contributed by atoms with Crippen molar-refractivity contribution in [2.75, 3.05) is 6.54 Å². The zero-order valence-electron chi connectivity index (χ0n) is 8.09. The quantitative estimate of drug-likeness (QED) is 0.793. The van der Waals surface area contributed by atoms with Crippen LogP contribution in [0.2, 0.25) is 5.02 Å². The van der Waals surface area contributed by atoms with Gasteiger partial charge in [0.1, 0.15) is 0 Å². The minimum atomic E-state index is 0.476. The summed E-state index contributed by atoms with van der Waals surface area (Å²) >= 11 is 5.87. The van der Waals surface area contributed by atoms with Crippen LogP contribution in [-0.2, 0) is 5.41 Å². The molecule has 74 valence electrons. The minimum Gasteiger partial charge on any atom is -0.330 e. The van der Waals surface area contributed by atoms with Crippen molar-refractivity contribution in [1.82, 2.24) is 0 Å². The molecule has 3 saturated carbocycles. The molecule has 0 unspecified atom stereocenters. The zero-order chi connectivity index (χ0) is 9.81. The van der Waals surface area contributed by atoms with Gasteiger partial charge in [0.15, 0.2) is 0 Å². The topological polar surface area (TPSA) is 26.0 Å². The molecule has 4 rings (SSSR count). The van der Waals surface area contributed by atoms with E-state index in [0.29, 0.717) is 10.8 Å². The third-order valence-electron chi connectivity index (χ3n) is 4.03. The van der Waals surface area contributed by atoms with Crippen molar-refractivity contribution in [3.05, 3.63) is 34.9 Å². The fourth-order valence-electron chi connectivity index (χ4n) is 3.32. The van der Waals surface area contributed by atoms with Crippen LogP contribution in [0.4, 0.5) is 0 Å². The summed E-state index contributed by atoms with van der Waals surface area (Å²) in [5, 5.41) is 0.828. The van der Waals surface area contributed by atoms with E-state index >= 15 is 0 Å². The largest absolute Gasteiger partial charge is 0.330 e. The molecule has 0 heterocycles. The van der Waals surface area contributed by atoms with Crippen LogP contribution in [0.5, 0.6) is 0 Å². The fraction of sp³-hybridized carbons (Fsp3) is 0.500. The average molecular weight is 208 g/mol. The Hall–Kier alpha value is -0.530. The summed E-state index contributed by atoms with van der Waals surface area (Å²) in [5.41, 5.74) is 8.19. The summed E-state index contributed by atoms with van der Waals surface area (Å²) in [6, 6.07) is 8.32. The van der Waals surface area contributed by atoms with Crippen molar-refractivity contribution in [3.63, 3.8) is 0 Å². The summed E-state index contributed by atoms with van der Waals surface area (Å²) in [7, 11) is 0. The summed E-state index contributed by atoms with van der Waals surface area (Å²) in [6.45, 7) is 0.863. The van der Waals surface area contributed by atoms with E-state index in [1.54, 1.807) is 0 Å². The zero-order valence-corrected chi connectivity index (χ0v) is 8.85. The number of hydrogen-bond donors (Lipinski definition) is 1. The standard InChI is InChI=1S/C12H14ClN/c13-10-3-1-9(2-4-10)12-5-11(6-12,7-12)8-14/h1-4H,5-8,14H2. The molecule has 0 spiro atoms. The molecule has 0 aliphatic heterocycles. The van der Waals surface area contributed by atoms with E-state index in [4.69, 9.17) is 17.3 Å². The lowest BCUT2D eigenvalue weighted by molar-refractivity contribution is -0.132. The average Bonchev–Trinajstić information content (AvgIpc) is 2.04. The number of hydrogen-bond acceptors (Lipinski definition) is 1. The van der Waals surface area contributed by atoms with E-state index in [2.05, 4.69) is 12.1 Å². The molecule has 3 aliphatic rings. The molecular weight excluding hydrogens is 194 g/mol. The molecule has 1 aromatic rings. The first-order valence-electron chi connectivity index (χ1n) is 5.14. The minimum absolute atomic E-state index is 0.476. The first kappa shape index (κ1) is 8.75. The van der Waals surface area contributed by atoms with Crippen LogP contribution in [-0.4, -0.2) is 6.54 Å². The van der Waals surface area contributed by atoms with Crippen LogP contribution in [0.3, 0.4) is 0 Å². The Morgan fingerprint density at radius 2 is 1.71 bits per heavy atom. The van der Waals surface area contributed by atoms with Gasteiger partial charge in [0.05, 0.1) is 0 Å². The Morgan fingerprint density at radius 1 is 1.14 bits per heavy atom. The summed E-state index contributed by atoms with van der Waals surface area (Å²) < 4.78 is 0. The Morgan fingerprint density at radius 3 is 2.21 bits per heavy atom. The molecule has 0 aromatic heterocycles. The highest BCUT2D eigenvalue weighted by Crippen LogP contribution is 2.73. The van der Waals surface area contributed by atoms with Gasteiger partial charge >= 0.3 is 0 Å². The Bertz CT molecular complexity index is 349. The monoisotopic (exact) mass is 207 g/mol. The molecule has 14 heavy (non-hydrogen) atoms. The number of halogens is 1. The van der Waals surface area contributed by atoms with Gasteiger partial charge in [0, 0.05) is 5.02 Å². The summed E-state index contributed by atoms with van der Waals surface area (Å²) in [5.74, 6) is 0. The molecule has 0 radical (unpaired) electrons. The highest BCUT2D eigenvalue weighted by molar-refractivity contribution is 6.30. The van der Waals surface area contributed by atoms with Crippen LogP contribution >= 0.6 is 11.6 Å². The van der Waals surface area contributed by atoms with Gasteiger partial charge in [0.25, 0.3) is 0 Å². The lowest BCUT2D eigenvalue weighted by atomic mass is 9.33. The molecule has 0 atom stereocenters. The van der Waals surface area contributed by atoms with Gasteiger partial charge in [-0.15, -0.1) is 0 Å². The molecule has 2 N–H and O–H groups in total. The van der Waals surface area contributed by atoms with Crippen molar-refractivity contribution in [2.24, 2.45) is 11.1 Å². The molecule has 3 fully saturated rings. The fourth-order valence-corrected chi connectivity index (χ4v) is 3.45. The molecule has 1 nitrogen and oxygen atoms in total. The van der Waals surface area contributed by atoms with Crippen molar-refractivity contribution in [3.8, 4) is 0 Å². The lowest BCUT2D eigenvalue weighted by Crippen LogP contribution is -2.67. The molecule has 0 amide bonds. The van der Waals surface area contributed by atoms with Crippen molar-refractivity contribution in [1.29, 1.82) is 0 Å². The van der Waals surface area contributed by atoms with E-state index in [0.717, 1.165) is 11.6 Å². The van der Waals surface area contributed by atoms with E-state index in [1.165, 1.54) is 24.8 Å². The van der Waals surface area contributed by atoms with Crippen LogP contribution in [0.1, 0.15) is 24.8 Å². The summed E-state index contributed by atoms with van der Waals surface area (Å²) in [6.07, 6.45) is 3.87. The Balaban J connectivity index is 1.84. The van der Waals surface area contributed by atoms with Crippen LogP contribution in [0.25, 0.3) is 0 Å². The predicted octanol–water partition coefficient (Wildman–Crippen LogP) is 2.72. The second kappa shape index (κ2) is 2.53. The van der Waals surface area contributed by atoms with Gasteiger partial charge in [-0.2, -0.15) is 0 Å². The first-order valence-corrected chi connectivity index (χ1v) is 5.52. The number of benzene rings is 1. The predicted molar refractivity (Wildman–Crippen MR) is 58.5 cm³/mol. The van der Waals surface area contributed by atoms with Gasteiger partial charge in [-0.05, 0) is 54.3 Å². The SMILES string of the molecule is NCC12CC(c3ccc(Cl)cc3)(C1)C2. The second-order valence-corrected chi connectivity index (χ2v) is 5.46. The van der Waals surface area contributed by atoms with Gasteiger partial charge in [-0.25, -0.2) is 0 Å². The third kappa shape index (κ3) is 0.945. The maximum Gasteiger partial charge on any atom is 0.0406 e. The van der Waals surface area contributed by atoms with Crippen LogP contribution in [0, 0.1) is 5.41 Å². The third-order valence-corrected chi connectivity index (χ3v) is 4.28. The van der Waals surface area contributed by atoms with Crippen LogP contribution in [0.15, 0.2) is 24.3 Å². The Labute approximate surface area is 89.3 Å². The maximum absolute atomic E-state index is 5.87. The van der Waals surface area contributed by atoms with E-state index in [9.17, 15) is 0 Å².